The third-order valence-electron chi connectivity index (χ3n) is 3.27. The Morgan fingerprint density at radius 1 is 1.12 bits per heavy atom. The molecule has 2 heterocycles. The number of pyridine rings is 1. The van der Waals surface area contributed by atoms with Crippen LogP contribution in [-0.2, 0) is 6.42 Å². The summed E-state index contributed by atoms with van der Waals surface area (Å²) < 4.78 is 42.1. The fourth-order valence-corrected chi connectivity index (χ4v) is 2.47. The molecule has 0 unspecified atom stereocenters. The van der Waals surface area contributed by atoms with Crippen LogP contribution < -0.4 is 4.74 Å². The number of rotatable bonds is 4. The van der Waals surface area contributed by atoms with Crippen molar-refractivity contribution in [2.45, 2.75) is 12.8 Å². The Balaban J connectivity index is 1.87. The van der Waals surface area contributed by atoms with Gasteiger partial charge in [-0.3, -0.25) is 4.98 Å². The minimum atomic E-state index is -4.71. The molecular formula is C16H11ClF3N3O. The summed E-state index contributed by atoms with van der Waals surface area (Å²) in [7, 11) is 0. The van der Waals surface area contributed by atoms with Crippen LogP contribution in [0.2, 0.25) is 5.02 Å². The quantitative estimate of drug-likeness (QED) is 0.697. The van der Waals surface area contributed by atoms with Crippen molar-refractivity contribution in [3.63, 3.8) is 0 Å². The number of nitrogens with zero attached hydrogens (tertiary/aromatic N) is 3. The highest BCUT2D eigenvalue weighted by molar-refractivity contribution is 6.31. The minimum Gasteiger partial charge on any atom is -0.406 e. The van der Waals surface area contributed by atoms with Gasteiger partial charge in [-0.15, -0.1) is 13.2 Å². The summed E-state index contributed by atoms with van der Waals surface area (Å²) in [6, 6.07) is 7.43. The zero-order chi connectivity index (χ0) is 17.2. The number of halogens is 4. The largest absolute Gasteiger partial charge is 0.573 e. The maximum Gasteiger partial charge on any atom is 0.573 e. The van der Waals surface area contributed by atoms with E-state index in [9.17, 15) is 13.2 Å². The van der Waals surface area contributed by atoms with Crippen molar-refractivity contribution < 1.29 is 17.9 Å². The Hall–Kier alpha value is -2.54. The Bertz CT molecular complexity index is 818. The zero-order valence-corrected chi connectivity index (χ0v) is 12.9. The van der Waals surface area contributed by atoms with E-state index in [0.29, 0.717) is 17.1 Å². The average molecular weight is 354 g/mol. The normalized spacial score (nSPS) is 11.5. The maximum absolute atomic E-state index is 12.2. The Morgan fingerprint density at radius 3 is 2.50 bits per heavy atom. The molecule has 0 aliphatic rings. The van der Waals surface area contributed by atoms with E-state index in [4.69, 9.17) is 11.6 Å². The molecule has 3 rings (SSSR count). The van der Waals surface area contributed by atoms with E-state index in [2.05, 4.69) is 14.8 Å². The Labute approximate surface area is 140 Å². The number of benzene rings is 1. The SMILES string of the molecule is FC(F)(F)Oc1ccc(Cc2c(Cl)cncc2-n2cccn2)cc1. The Kier molecular flexibility index (Phi) is 4.44. The molecule has 0 amide bonds. The first-order valence-electron chi connectivity index (χ1n) is 6.89. The van der Waals surface area contributed by atoms with Crippen LogP contribution in [-0.4, -0.2) is 21.1 Å². The number of ether oxygens (including phenoxy) is 1. The average Bonchev–Trinajstić information content (AvgIpc) is 3.04. The van der Waals surface area contributed by atoms with Crippen molar-refractivity contribution >= 4 is 11.6 Å². The van der Waals surface area contributed by atoms with Crippen molar-refractivity contribution in [1.29, 1.82) is 0 Å². The summed E-state index contributed by atoms with van der Waals surface area (Å²) in [5, 5.41) is 4.61. The third kappa shape index (κ3) is 3.86. The molecule has 0 aliphatic heterocycles. The third-order valence-corrected chi connectivity index (χ3v) is 3.60. The molecular weight excluding hydrogens is 343 g/mol. The first kappa shape index (κ1) is 16.3. The van der Waals surface area contributed by atoms with Gasteiger partial charge >= 0.3 is 6.36 Å². The highest BCUT2D eigenvalue weighted by Gasteiger charge is 2.30. The molecule has 0 saturated carbocycles. The topological polar surface area (TPSA) is 39.9 Å². The smallest absolute Gasteiger partial charge is 0.406 e. The van der Waals surface area contributed by atoms with Gasteiger partial charge in [0.2, 0.25) is 0 Å². The van der Waals surface area contributed by atoms with Crippen LogP contribution in [0, 0.1) is 0 Å². The minimum absolute atomic E-state index is 0.264. The summed E-state index contributed by atoms with van der Waals surface area (Å²) in [5.41, 5.74) is 2.27. The van der Waals surface area contributed by atoms with E-state index in [-0.39, 0.29) is 5.75 Å². The predicted octanol–water partition coefficient (Wildman–Crippen LogP) is 4.41. The van der Waals surface area contributed by atoms with Gasteiger partial charge in [0.15, 0.2) is 0 Å². The lowest BCUT2D eigenvalue weighted by molar-refractivity contribution is -0.274. The first-order chi connectivity index (χ1) is 11.4. The van der Waals surface area contributed by atoms with Gasteiger partial charge in [-0.25, -0.2) is 4.68 Å². The molecule has 0 radical (unpaired) electrons. The molecule has 2 aromatic heterocycles. The van der Waals surface area contributed by atoms with Gasteiger partial charge in [-0.05, 0) is 23.8 Å². The van der Waals surface area contributed by atoms with Gasteiger partial charge < -0.3 is 4.74 Å². The second kappa shape index (κ2) is 6.52. The van der Waals surface area contributed by atoms with E-state index in [1.165, 1.54) is 18.3 Å². The number of alkyl halides is 3. The number of hydrogen-bond acceptors (Lipinski definition) is 3. The highest BCUT2D eigenvalue weighted by atomic mass is 35.5. The molecule has 1 aromatic carbocycles. The molecule has 3 aromatic rings. The van der Waals surface area contributed by atoms with Gasteiger partial charge in [0.05, 0.1) is 16.9 Å². The molecule has 24 heavy (non-hydrogen) atoms. The summed E-state index contributed by atoms with van der Waals surface area (Å²) in [6.45, 7) is 0. The standard InChI is InChI=1S/C16H11ClF3N3O/c17-14-9-21-10-15(23-7-1-6-22-23)13(14)8-11-2-4-12(5-3-11)24-16(18,19)20/h1-7,9-10H,8H2. The summed E-state index contributed by atoms with van der Waals surface area (Å²) >= 11 is 6.24. The van der Waals surface area contributed by atoms with Gasteiger partial charge in [-0.2, -0.15) is 5.10 Å². The van der Waals surface area contributed by atoms with Crippen LogP contribution in [0.25, 0.3) is 5.69 Å². The van der Waals surface area contributed by atoms with Crippen LogP contribution in [0.15, 0.2) is 55.1 Å². The molecule has 0 fully saturated rings. The second-order valence-electron chi connectivity index (χ2n) is 4.94. The fourth-order valence-electron chi connectivity index (χ4n) is 2.25. The monoisotopic (exact) mass is 353 g/mol. The fraction of sp³-hybridized carbons (Fsp3) is 0.125. The van der Waals surface area contributed by atoms with Gasteiger partial charge in [-0.1, -0.05) is 23.7 Å². The molecule has 0 spiro atoms. The predicted molar refractivity (Wildman–Crippen MR) is 82.3 cm³/mol. The van der Waals surface area contributed by atoms with Crippen LogP contribution in [0.5, 0.6) is 5.75 Å². The zero-order valence-electron chi connectivity index (χ0n) is 12.2. The molecule has 124 valence electrons. The van der Waals surface area contributed by atoms with Crippen molar-refractivity contribution in [3.05, 3.63) is 71.3 Å². The lowest BCUT2D eigenvalue weighted by atomic mass is 10.0. The highest BCUT2D eigenvalue weighted by Crippen LogP contribution is 2.27. The van der Waals surface area contributed by atoms with Crippen molar-refractivity contribution in [1.82, 2.24) is 14.8 Å². The lowest BCUT2D eigenvalue weighted by Gasteiger charge is -2.12. The van der Waals surface area contributed by atoms with E-state index in [0.717, 1.165) is 11.1 Å². The van der Waals surface area contributed by atoms with E-state index < -0.39 is 6.36 Å². The second-order valence-corrected chi connectivity index (χ2v) is 5.35. The van der Waals surface area contributed by atoms with Gasteiger partial charge in [0, 0.05) is 30.6 Å². The summed E-state index contributed by atoms with van der Waals surface area (Å²) in [5.74, 6) is -0.264. The molecule has 8 heteroatoms. The van der Waals surface area contributed by atoms with E-state index in [1.807, 2.05) is 0 Å². The van der Waals surface area contributed by atoms with Crippen molar-refractivity contribution in [3.8, 4) is 11.4 Å². The molecule has 0 aliphatic carbocycles. The number of aromatic nitrogens is 3. The van der Waals surface area contributed by atoms with E-state index in [1.54, 1.807) is 41.5 Å². The Morgan fingerprint density at radius 2 is 1.88 bits per heavy atom. The molecule has 0 saturated heterocycles. The molecule has 4 nitrogen and oxygen atoms in total. The van der Waals surface area contributed by atoms with Crippen LogP contribution in [0.3, 0.4) is 0 Å². The summed E-state index contributed by atoms with van der Waals surface area (Å²) in [6.07, 6.45) is 2.26. The molecule has 0 N–H and O–H groups in total. The van der Waals surface area contributed by atoms with Crippen LogP contribution in [0.1, 0.15) is 11.1 Å². The summed E-state index contributed by atoms with van der Waals surface area (Å²) in [4.78, 5) is 4.06. The van der Waals surface area contributed by atoms with Gasteiger partial charge in [0.25, 0.3) is 0 Å². The first-order valence-corrected chi connectivity index (χ1v) is 7.27. The van der Waals surface area contributed by atoms with Crippen LogP contribution in [0.4, 0.5) is 13.2 Å². The maximum atomic E-state index is 12.2. The van der Waals surface area contributed by atoms with Crippen LogP contribution >= 0.6 is 11.6 Å². The number of hydrogen-bond donors (Lipinski definition) is 0. The lowest BCUT2D eigenvalue weighted by Crippen LogP contribution is -2.17. The van der Waals surface area contributed by atoms with E-state index >= 15 is 0 Å². The molecule has 0 atom stereocenters. The molecule has 0 bridgehead atoms. The van der Waals surface area contributed by atoms with Crippen molar-refractivity contribution in [2.75, 3.05) is 0 Å². The van der Waals surface area contributed by atoms with Crippen molar-refractivity contribution in [2.24, 2.45) is 0 Å². The van der Waals surface area contributed by atoms with Gasteiger partial charge in [0.1, 0.15) is 5.75 Å².